The maximum absolute atomic E-state index is 11.8. The normalized spacial score (nSPS) is 20.3. The monoisotopic (exact) mass is 318 g/mol. The van der Waals surface area contributed by atoms with Crippen LogP contribution in [0.4, 0.5) is 4.79 Å². The molecule has 21 heavy (non-hydrogen) atoms. The van der Waals surface area contributed by atoms with E-state index in [1.165, 1.54) is 4.90 Å². The third kappa shape index (κ3) is 5.82. The fourth-order valence-electron chi connectivity index (χ4n) is 2.01. The molecule has 1 aliphatic heterocycles. The average Bonchev–Trinajstić information content (AvgIpc) is 2.66. The van der Waals surface area contributed by atoms with Crippen LogP contribution in [0.2, 0.25) is 0 Å². The van der Waals surface area contributed by atoms with Crippen molar-refractivity contribution in [2.75, 3.05) is 18.8 Å². The van der Waals surface area contributed by atoms with Crippen molar-refractivity contribution in [2.45, 2.75) is 38.8 Å². The summed E-state index contributed by atoms with van der Waals surface area (Å²) in [6, 6.07) is -1.19. The molecule has 2 unspecified atom stereocenters. The number of carboxylic acid groups (broad SMARTS) is 1. The molecular weight excluding hydrogens is 296 g/mol. The van der Waals surface area contributed by atoms with Crippen molar-refractivity contribution < 1.29 is 24.2 Å². The number of thiol groups is 1. The van der Waals surface area contributed by atoms with E-state index < -0.39 is 23.7 Å². The lowest BCUT2D eigenvalue weighted by atomic mass is 10.1. The number of carboxylic acids is 1. The molecule has 1 fully saturated rings. The predicted octanol–water partition coefficient (Wildman–Crippen LogP) is 0.743. The summed E-state index contributed by atoms with van der Waals surface area (Å²) in [6.45, 7) is 5.44. The minimum atomic E-state index is -1.21. The zero-order chi connectivity index (χ0) is 16.2. The van der Waals surface area contributed by atoms with Crippen LogP contribution in [0.1, 0.15) is 27.2 Å². The number of rotatable bonds is 5. The molecule has 0 radical (unpaired) electrons. The number of nitrogens with zero attached hydrogens (tertiary/aromatic N) is 1. The van der Waals surface area contributed by atoms with E-state index in [-0.39, 0.29) is 18.4 Å². The molecule has 8 heteroatoms. The molecule has 0 saturated carbocycles. The van der Waals surface area contributed by atoms with E-state index in [4.69, 9.17) is 9.84 Å². The van der Waals surface area contributed by atoms with Gasteiger partial charge in [-0.25, -0.2) is 9.59 Å². The van der Waals surface area contributed by atoms with Gasteiger partial charge in [0.15, 0.2) is 0 Å². The van der Waals surface area contributed by atoms with Gasteiger partial charge in [-0.1, -0.05) is 0 Å². The van der Waals surface area contributed by atoms with Gasteiger partial charge in [0.1, 0.15) is 11.6 Å². The van der Waals surface area contributed by atoms with Crippen LogP contribution in [0, 0.1) is 5.92 Å². The van der Waals surface area contributed by atoms with Crippen LogP contribution < -0.4 is 5.32 Å². The van der Waals surface area contributed by atoms with E-state index in [2.05, 4.69) is 17.9 Å². The van der Waals surface area contributed by atoms with Gasteiger partial charge >= 0.3 is 12.1 Å². The Morgan fingerprint density at radius 2 is 2.14 bits per heavy atom. The maximum atomic E-state index is 11.8. The Morgan fingerprint density at radius 3 is 2.57 bits per heavy atom. The molecule has 0 aromatic rings. The second-order valence-electron chi connectivity index (χ2n) is 6.09. The van der Waals surface area contributed by atoms with Crippen LogP contribution in [0.5, 0.6) is 0 Å². The van der Waals surface area contributed by atoms with Gasteiger partial charge in [-0.2, -0.15) is 12.6 Å². The number of carbonyl (C=O) groups is 3. The minimum absolute atomic E-state index is 0.0717. The first-order valence-corrected chi connectivity index (χ1v) is 7.36. The lowest BCUT2D eigenvalue weighted by Crippen LogP contribution is -2.50. The number of aliphatic carboxylic acids is 1. The molecular formula is C13H22N2O5S. The fourth-order valence-corrected chi connectivity index (χ4v) is 2.25. The van der Waals surface area contributed by atoms with Crippen LogP contribution in [0.3, 0.4) is 0 Å². The SMILES string of the molecule is CC(C)(C)OC(=O)NC(CN1CC(CS)CC1=O)C(=O)O. The van der Waals surface area contributed by atoms with E-state index in [0.717, 1.165) is 0 Å². The number of likely N-dealkylation sites (tertiary alicyclic amines) is 1. The summed E-state index contributed by atoms with van der Waals surface area (Å²) in [5, 5.41) is 11.4. The zero-order valence-corrected chi connectivity index (χ0v) is 13.4. The van der Waals surface area contributed by atoms with Crippen LogP contribution in [-0.4, -0.2) is 58.5 Å². The van der Waals surface area contributed by atoms with Gasteiger partial charge in [-0.3, -0.25) is 4.79 Å². The molecule has 7 nitrogen and oxygen atoms in total. The summed E-state index contributed by atoms with van der Waals surface area (Å²) >= 11 is 4.15. The van der Waals surface area contributed by atoms with Crippen molar-refractivity contribution in [3.8, 4) is 0 Å². The summed E-state index contributed by atoms with van der Waals surface area (Å²) in [5.41, 5.74) is -0.715. The zero-order valence-electron chi connectivity index (χ0n) is 12.5. The molecule has 0 aromatic carbocycles. The largest absolute Gasteiger partial charge is 0.480 e. The predicted molar refractivity (Wildman–Crippen MR) is 79.3 cm³/mol. The van der Waals surface area contributed by atoms with Crippen LogP contribution in [-0.2, 0) is 14.3 Å². The smallest absolute Gasteiger partial charge is 0.408 e. The Bertz CT molecular complexity index is 421. The quantitative estimate of drug-likeness (QED) is 0.650. The van der Waals surface area contributed by atoms with E-state index in [1.807, 2.05) is 0 Å². The first-order chi connectivity index (χ1) is 9.62. The number of hydrogen-bond donors (Lipinski definition) is 3. The molecule has 120 valence electrons. The summed E-state index contributed by atoms with van der Waals surface area (Å²) in [7, 11) is 0. The number of carbonyl (C=O) groups excluding carboxylic acids is 2. The third-order valence-electron chi connectivity index (χ3n) is 2.94. The summed E-state index contributed by atoms with van der Waals surface area (Å²) in [6.07, 6.45) is -0.449. The van der Waals surface area contributed by atoms with E-state index in [9.17, 15) is 14.4 Å². The van der Waals surface area contributed by atoms with E-state index in [1.54, 1.807) is 20.8 Å². The molecule has 0 aliphatic carbocycles. The molecule has 2 N–H and O–H groups in total. The highest BCUT2D eigenvalue weighted by Gasteiger charge is 2.33. The molecule has 1 aliphatic rings. The van der Waals surface area contributed by atoms with Crippen LogP contribution >= 0.6 is 12.6 Å². The average molecular weight is 318 g/mol. The Kier molecular flexibility index (Phi) is 5.88. The lowest BCUT2D eigenvalue weighted by molar-refractivity contribution is -0.140. The molecule has 2 amide bonds. The van der Waals surface area contributed by atoms with Gasteiger partial charge < -0.3 is 20.1 Å². The first-order valence-electron chi connectivity index (χ1n) is 6.73. The Labute approximate surface area is 129 Å². The first kappa shape index (κ1) is 17.6. The Morgan fingerprint density at radius 1 is 1.52 bits per heavy atom. The van der Waals surface area contributed by atoms with Crippen molar-refractivity contribution in [1.29, 1.82) is 0 Å². The lowest BCUT2D eigenvalue weighted by Gasteiger charge is -2.24. The van der Waals surface area contributed by atoms with Crippen LogP contribution in [0.15, 0.2) is 0 Å². The highest BCUT2D eigenvalue weighted by Crippen LogP contribution is 2.19. The summed E-state index contributed by atoms with van der Waals surface area (Å²) in [4.78, 5) is 36.1. The molecule has 2 atom stereocenters. The highest BCUT2D eigenvalue weighted by molar-refractivity contribution is 7.80. The van der Waals surface area contributed by atoms with Crippen molar-refractivity contribution in [2.24, 2.45) is 5.92 Å². The molecule has 1 saturated heterocycles. The van der Waals surface area contributed by atoms with E-state index >= 15 is 0 Å². The van der Waals surface area contributed by atoms with Gasteiger partial charge in [0.05, 0.1) is 6.54 Å². The third-order valence-corrected chi connectivity index (χ3v) is 3.46. The fraction of sp³-hybridized carbons (Fsp3) is 0.769. The second-order valence-corrected chi connectivity index (χ2v) is 6.45. The Hall–Kier alpha value is -1.44. The van der Waals surface area contributed by atoms with Crippen molar-refractivity contribution in [3.05, 3.63) is 0 Å². The van der Waals surface area contributed by atoms with Gasteiger partial charge in [0.25, 0.3) is 0 Å². The summed E-state index contributed by atoms with van der Waals surface area (Å²) in [5.74, 6) is -0.634. The number of amides is 2. The van der Waals surface area contributed by atoms with Gasteiger partial charge in [0.2, 0.25) is 5.91 Å². The molecule has 0 aromatic heterocycles. The van der Waals surface area contributed by atoms with Crippen molar-refractivity contribution >= 4 is 30.6 Å². The number of alkyl carbamates (subject to hydrolysis) is 1. The van der Waals surface area contributed by atoms with Gasteiger partial charge in [-0.15, -0.1) is 0 Å². The number of hydrogen-bond acceptors (Lipinski definition) is 5. The van der Waals surface area contributed by atoms with Crippen molar-refractivity contribution in [3.63, 3.8) is 0 Å². The molecule has 0 spiro atoms. The van der Waals surface area contributed by atoms with Crippen molar-refractivity contribution in [1.82, 2.24) is 10.2 Å². The summed E-state index contributed by atoms with van der Waals surface area (Å²) < 4.78 is 5.02. The standard InChI is InChI=1S/C13H22N2O5S/c1-13(2,3)20-12(19)14-9(11(17)18)6-15-5-8(7-21)4-10(15)16/h8-9,21H,4-7H2,1-3H3,(H,14,19)(H,17,18). The van der Waals surface area contributed by atoms with Gasteiger partial charge in [-0.05, 0) is 32.4 Å². The second kappa shape index (κ2) is 7.02. The van der Waals surface area contributed by atoms with Gasteiger partial charge in [0, 0.05) is 13.0 Å². The maximum Gasteiger partial charge on any atom is 0.408 e. The number of ether oxygens (including phenoxy) is 1. The topological polar surface area (TPSA) is 95.9 Å². The number of nitrogens with one attached hydrogen (secondary N) is 1. The van der Waals surface area contributed by atoms with E-state index in [0.29, 0.717) is 18.7 Å². The molecule has 0 bridgehead atoms. The van der Waals surface area contributed by atoms with Crippen LogP contribution in [0.25, 0.3) is 0 Å². The highest BCUT2D eigenvalue weighted by atomic mass is 32.1. The molecule has 1 rings (SSSR count). The minimum Gasteiger partial charge on any atom is -0.480 e. The Balaban J connectivity index is 2.60. The molecule has 1 heterocycles.